The van der Waals surface area contributed by atoms with Gasteiger partial charge in [-0.15, -0.1) is 5.10 Å². The van der Waals surface area contributed by atoms with Crippen molar-refractivity contribution in [1.82, 2.24) is 10.2 Å². The van der Waals surface area contributed by atoms with Gasteiger partial charge in [-0.05, 0) is 52.7 Å². The molecule has 0 radical (unpaired) electrons. The van der Waals surface area contributed by atoms with Crippen molar-refractivity contribution < 1.29 is 8.42 Å². The second kappa shape index (κ2) is 5.03. The highest BCUT2D eigenvalue weighted by atomic mass is 79.9. The third-order valence-electron chi connectivity index (χ3n) is 2.19. The van der Waals surface area contributed by atoms with E-state index >= 15 is 0 Å². The number of benzene rings is 1. The van der Waals surface area contributed by atoms with Crippen LogP contribution in [0.2, 0.25) is 0 Å². The monoisotopic (exact) mass is 327 g/mol. The fraction of sp³-hybridized carbons (Fsp3) is 0.0909. The number of nitrogens with one attached hydrogen (secondary N) is 1. The minimum absolute atomic E-state index is 0.166. The molecule has 7 heteroatoms. The van der Waals surface area contributed by atoms with Gasteiger partial charge in [-0.1, -0.05) is 6.07 Å². The SMILES string of the molecule is Cc1ccc(S(=O)(=O)Nc2cccnn2)c(Br)c1. The molecule has 2 rings (SSSR count). The lowest BCUT2D eigenvalue weighted by Crippen LogP contribution is -2.14. The van der Waals surface area contributed by atoms with E-state index in [4.69, 9.17) is 0 Å². The number of aryl methyl sites for hydroxylation is 1. The molecule has 94 valence electrons. The van der Waals surface area contributed by atoms with Gasteiger partial charge in [-0.25, -0.2) is 8.42 Å². The Labute approximate surface area is 113 Å². The minimum atomic E-state index is -3.66. The molecule has 2 aromatic rings. The number of anilines is 1. The molecule has 0 bridgehead atoms. The van der Waals surface area contributed by atoms with Crippen molar-refractivity contribution in [1.29, 1.82) is 0 Å². The molecule has 0 aliphatic heterocycles. The third-order valence-corrected chi connectivity index (χ3v) is 4.52. The summed E-state index contributed by atoms with van der Waals surface area (Å²) < 4.78 is 27.1. The molecule has 0 saturated heterocycles. The molecule has 0 fully saturated rings. The lowest BCUT2D eigenvalue weighted by atomic mass is 10.2. The maximum absolute atomic E-state index is 12.1. The Balaban J connectivity index is 2.37. The molecule has 0 atom stereocenters. The van der Waals surface area contributed by atoms with Crippen molar-refractivity contribution >= 4 is 31.8 Å². The second-order valence-corrected chi connectivity index (χ2v) is 6.15. The predicted molar refractivity (Wildman–Crippen MR) is 71.7 cm³/mol. The molecule has 0 aliphatic rings. The largest absolute Gasteiger partial charge is 0.264 e. The Hall–Kier alpha value is -1.47. The van der Waals surface area contributed by atoms with Gasteiger partial charge in [-0.2, -0.15) is 5.10 Å². The number of rotatable bonds is 3. The summed E-state index contributed by atoms with van der Waals surface area (Å²) in [6.45, 7) is 1.89. The molecule has 0 aliphatic carbocycles. The predicted octanol–water partition coefficient (Wildman–Crippen LogP) is 2.35. The van der Waals surface area contributed by atoms with E-state index in [1.54, 1.807) is 18.2 Å². The van der Waals surface area contributed by atoms with Crippen molar-refractivity contribution in [2.75, 3.05) is 4.72 Å². The highest BCUT2D eigenvalue weighted by Crippen LogP contribution is 2.24. The molecule has 0 amide bonds. The average Bonchev–Trinajstić information content (AvgIpc) is 2.29. The zero-order valence-electron chi connectivity index (χ0n) is 9.46. The van der Waals surface area contributed by atoms with E-state index in [2.05, 4.69) is 30.8 Å². The quantitative estimate of drug-likeness (QED) is 0.939. The fourth-order valence-electron chi connectivity index (χ4n) is 1.37. The highest BCUT2D eigenvalue weighted by molar-refractivity contribution is 9.10. The van der Waals surface area contributed by atoms with Gasteiger partial charge in [0.15, 0.2) is 5.82 Å². The van der Waals surface area contributed by atoms with Crippen LogP contribution in [0.4, 0.5) is 5.82 Å². The Morgan fingerprint density at radius 1 is 1.28 bits per heavy atom. The van der Waals surface area contributed by atoms with Gasteiger partial charge in [0.05, 0.1) is 0 Å². The van der Waals surface area contributed by atoms with E-state index in [0.717, 1.165) is 5.56 Å². The van der Waals surface area contributed by atoms with E-state index in [9.17, 15) is 8.42 Å². The first-order chi connectivity index (χ1) is 8.49. The molecule has 1 aromatic heterocycles. The van der Waals surface area contributed by atoms with Crippen LogP contribution in [0.3, 0.4) is 0 Å². The summed E-state index contributed by atoms with van der Waals surface area (Å²) >= 11 is 3.24. The summed E-state index contributed by atoms with van der Waals surface area (Å²) in [5.74, 6) is 0.185. The summed E-state index contributed by atoms with van der Waals surface area (Å²) in [4.78, 5) is 0.166. The van der Waals surface area contributed by atoms with Crippen LogP contribution in [0.15, 0.2) is 45.9 Å². The normalized spacial score (nSPS) is 11.2. The Bertz CT molecular complexity index is 659. The van der Waals surface area contributed by atoms with Gasteiger partial charge in [0.1, 0.15) is 4.90 Å². The first-order valence-corrected chi connectivity index (χ1v) is 7.33. The molecular weight excluding hydrogens is 318 g/mol. The van der Waals surface area contributed by atoms with Crippen LogP contribution >= 0.6 is 15.9 Å². The number of sulfonamides is 1. The van der Waals surface area contributed by atoms with E-state index in [1.807, 2.05) is 6.92 Å². The maximum atomic E-state index is 12.1. The van der Waals surface area contributed by atoms with Crippen molar-refractivity contribution in [3.63, 3.8) is 0 Å². The standard InChI is InChI=1S/C11H10BrN3O2S/c1-8-4-5-10(9(12)7-8)18(16,17)15-11-3-2-6-13-14-11/h2-7H,1H3,(H,14,15). The average molecular weight is 328 g/mol. The highest BCUT2D eigenvalue weighted by Gasteiger charge is 2.18. The molecule has 18 heavy (non-hydrogen) atoms. The fourth-order valence-corrected chi connectivity index (χ4v) is 3.56. The zero-order chi connectivity index (χ0) is 13.2. The Morgan fingerprint density at radius 2 is 2.06 bits per heavy atom. The summed E-state index contributed by atoms with van der Waals surface area (Å²) in [6.07, 6.45) is 1.47. The van der Waals surface area contributed by atoms with Gasteiger partial charge >= 0.3 is 0 Å². The van der Waals surface area contributed by atoms with Crippen molar-refractivity contribution in [3.05, 3.63) is 46.6 Å². The van der Waals surface area contributed by atoms with Crippen molar-refractivity contribution in [3.8, 4) is 0 Å². The van der Waals surface area contributed by atoms with Gasteiger partial charge < -0.3 is 0 Å². The molecule has 5 nitrogen and oxygen atoms in total. The van der Waals surface area contributed by atoms with Crippen LogP contribution < -0.4 is 4.72 Å². The van der Waals surface area contributed by atoms with Gasteiger partial charge in [0, 0.05) is 10.7 Å². The summed E-state index contributed by atoms with van der Waals surface area (Å²) in [7, 11) is -3.66. The van der Waals surface area contributed by atoms with Crippen LogP contribution in [-0.2, 0) is 10.0 Å². The van der Waals surface area contributed by atoms with Crippen molar-refractivity contribution in [2.45, 2.75) is 11.8 Å². The second-order valence-electron chi connectivity index (χ2n) is 3.65. The smallest absolute Gasteiger partial charge is 0.262 e. The number of nitrogens with zero attached hydrogens (tertiary/aromatic N) is 2. The van der Waals surface area contributed by atoms with Crippen LogP contribution in [0, 0.1) is 6.92 Å². The lowest BCUT2D eigenvalue weighted by molar-refractivity contribution is 0.600. The zero-order valence-corrected chi connectivity index (χ0v) is 11.9. The summed E-state index contributed by atoms with van der Waals surface area (Å²) in [6, 6.07) is 8.15. The topological polar surface area (TPSA) is 72.0 Å². The minimum Gasteiger partial charge on any atom is -0.262 e. The summed E-state index contributed by atoms with van der Waals surface area (Å²) in [5, 5.41) is 7.29. The first-order valence-electron chi connectivity index (χ1n) is 5.06. The number of hydrogen-bond acceptors (Lipinski definition) is 4. The van der Waals surface area contributed by atoms with E-state index in [-0.39, 0.29) is 10.7 Å². The Kier molecular flexibility index (Phi) is 3.63. The van der Waals surface area contributed by atoms with Crippen molar-refractivity contribution in [2.24, 2.45) is 0 Å². The lowest BCUT2D eigenvalue weighted by Gasteiger charge is -2.08. The van der Waals surface area contributed by atoms with Crippen LogP contribution in [0.1, 0.15) is 5.56 Å². The van der Waals surface area contributed by atoms with E-state index in [1.165, 1.54) is 18.3 Å². The first kappa shape index (κ1) is 13.0. The van der Waals surface area contributed by atoms with Gasteiger partial charge in [0.2, 0.25) is 0 Å². The molecule has 1 heterocycles. The molecular formula is C11H10BrN3O2S. The third kappa shape index (κ3) is 2.85. The molecule has 0 spiro atoms. The van der Waals surface area contributed by atoms with Gasteiger partial charge in [-0.3, -0.25) is 4.72 Å². The molecule has 1 N–H and O–H groups in total. The molecule has 0 unspecified atom stereocenters. The van der Waals surface area contributed by atoms with E-state index < -0.39 is 10.0 Å². The Morgan fingerprint density at radius 3 is 2.67 bits per heavy atom. The van der Waals surface area contributed by atoms with Crippen LogP contribution in [-0.4, -0.2) is 18.6 Å². The van der Waals surface area contributed by atoms with Crippen LogP contribution in [0.25, 0.3) is 0 Å². The van der Waals surface area contributed by atoms with E-state index in [0.29, 0.717) is 4.47 Å². The number of halogens is 1. The maximum Gasteiger partial charge on any atom is 0.264 e. The number of aromatic nitrogens is 2. The molecule has 1 aromatic carbocycles. The number of hydrogen-bond donors (Lipinski definition) is 1. The van der Waals surface area contributed by atoms with Crippen LogP contribution in [0.5, 0.6) is 0 Å². The van der Waals surface area contributed by atoms with Gasteiger partial charge in [0.25, 0.3) is 10.0 Å². The molecule has 0 saturated carbocycles. The summed E-state index contributed by atoms with van der Waals surface area (Å²) in [5.41, 5.74) is 0.973.